The molecule has 0 atom stereocenters. The van der Waals surface area contributed by atoms with Gasteiger partial charge < -0.3 is 14.2 Å². The molecule has 1 amide bonds. The van der Waals surface area contributed by atoms with Crippen molar-refractivity contribution in [3.63, 3.8) is 0 Å². The van der Waals surface area contributed by atoms with E-state index < -0.39 is 23.7 Å². The lowest BCUT2D eigenvalue weighted by atomic mass is 10.0. The van der Waals surface area contributed by atoms with E-state index in [0.29, 0.717) is 35.5 Å². The van der Waals surface area contributed by atoms with Crippen LogP contribution >= 0.6 is 0 Å². The summed E-state index contributed by atoms with van der Waals surface area (Å²) in [6.45, 7) is 4.88. The lowest BCUT2D eigenvalue weighted by molar-refractivity contribution is -0.137. The van der Waals surface area contributed by atoms with Gasteiger partial charge in [0.1, 0.15) is 11.6 Å². The molecule has 3 aromatic carbocycles. The summed E-state index contributed by atoms with van der Waals surface area (Å²) in [4.78, 5) is 14.2. The molecule has 0 radical (unpaired) electrons. The Hall–Kier alpha value is -3.81. The van der Waals surface area contributed by atoms with Gasteiger partial charge in [-0.25, -0.2) is 9.18 Å². The summed E-state index contributed by atoms with van der Waals surface area (Å²) in [5.41, 5.74) is 1.79. The average molecular weight is 484 g/mol. The molecule has 0 saturated carbocycles. The molecular formula is C27H24F4N2O2. The van der Waals surface area contributed by atoms with Crippen molar-refractivity contribution in [1.29, 1.82) is 0 Å². The summed E-state index contributed by atoms with van der Waals surface area (Å²) in [5, 5.41) is 0.730. The van der Waals surface area contributed by atoms with Gasteiger partial charge in [0.25, 0.3) is 0 Å². The number of halogens is 4. The van der Waals surface area contributed by atoms with Gasteiger partial charge >= 0.3 is 12.3 Å². The van der Waals surface area contributed by atoms with Crippen LogP contribution in [0.25, 0.3) is 22.0 Å². The van der Waals surface area contributed by atoms with Crippen LogP contribution in [-0.4, -0.2) is 28.6 Å². The zero-order valence-corrected chi connectivity index (χ0v) is 19.3. The van der Waals surface area contributed by atoms with E-state index in [4.69, 9.17) is 4.74 Å². The van der Waals surface area contributed by atoms with Crippen molar-refractivity contribution in [3.05, 3.63) is 89.9 Å². The molecule has 1 heterocycles. The number of aromatic nitrogens is 1. The lowest BCUT2D eigenvalue weighted by Gasteiger charge is -2.20. The Morgan fingerprint density at radius 1 is 0.971 bits per heavy atom. The highest BCUT2D eigenvalue weighted by Gasteiger charge is 2.30. The van der Waals surface area contributed by atoms with Gasteiger partial charge in [-0.3, -0.25) is 0 Å². The highest BCUT2D eigenvalue weighted by molar-refractivity contribution is 5.99. The monoisotopic (exact) mass is 484 g/mol. The molecule has 35 heavy (non-hydrogen) atoms. The normalized spacial score (nSPS) is 11.6. The van der Waals surface area contributed by atoms with Crippen LogP contribution in [0.15, 0.2) is 72.9 Å². The molecular weight excluding hydrogens is 460 g/mol. The standard InChI is InChI=1S/C27H24F4N2O2/c1-3-32(4-2)26(34)35-24-13-12-23-22(25(24)19-8-10-21(28)11-9-19)14-15-33(23)17-18-6-5-7-20(16-18)27(29,30)31/h5-16H,3-4,17H2,1-2H3. The second kappa shape index (κ2) is 9.82. The van der Waals surface area contributed by atoms with Crippen molar-refractivity contribution < 1.29 is 27.1 Å². The summed E-state index contributed by atoms with van der Waals surface area (Å²) in [5.74, 6) is -0.0810. The molecule has 0 N–H and O–H groups in total. The van der Waals surface area contributed by atoms with E-state index in [0.717, 1.165) is 23.0 Å². The maximum Gasteiger partial charge on any atom is 0.416 e. The minimum Gasteiger partial charge on any atom is -0.410 e. The molecule has 8 heteroatoms. The maximum atomic E-state index is 13.6. The number of hydrogen-bond donors (Lipinski definition) is 0. The van der Waals surface area contributed by atoms with E-state index in [2.05, 4.69) is 0 Å². The second-order valence-electron chi connectivity index (χ2n) is 8.06. The third-order valence-electron chi connectivity index (χ3n) is 5.87. The summed E-state index contributed by atoms with van der Waals surface area (Å²) in [6.07, 6.45) is -3.15. The number of ether oxygens (including phenoxy) is 1. The van der Waals surface area contributed by atoms with Crippen molar-refractivity contribution in [2.45, 2.75) is 26.6 Å². The van der Waals surface area contributed by atoms with E-state index in [9.17, 15) is 22.4 Å². The molecule has 0 fully saturated rings. The SMILES string of the molecule is CCN(CC)C(=O)Oc1ccc2c(ccn2Cc2cccc(C(F)(F)F)c2)c1-c1ccc(F)cc1. The third kappa shape index (κ3) is 5.16. The number of hydrogen-bond acceptors (Lipinski definition) is 2. The van der Waals surface area contributed by atoms with E-state index in [1.807, 2.05) is 24.5 Å². The quantitative estimate of drug-likeness (QED) is 0.268. The van der Waals surface area contributed by atoms with Crippen LogP contribution in [0, 0.1) is 5.82 Å². The molecule has 4 nitrogen and oxygen atoms in total. The summed E-state index contributed by atoms with van der Waals surface area (Å²) in [6, 6.07) is 16.3. The fourth-order valence-electron chi connectivity index (χ4n) is 4.07. The van der Waals surface area contributed by atoms with Crippen molar-refractivity contribution in [2.24, 2.45) is 0 Å². The molecule has 0 saturated heterocycles. The minimum absolute atomic E-state index is 0.217. The zero-order chi connectivity index (χ0) is 25.2. The molecule has 4 aromatic rings. The predicted molar refractivity (Wildman–Crippen MR) is 127 cm³/mol. The topological polar surface area (TPSA) is 34.5 Å². The maximum absolute atomic E-state index is 13.6. The largest absolute Gasteiger partial charge is 0.416 e. The number of rotatable bonds is 6. The van der Waals surface area contributed by atoms with Crippen molar-refractivity contribution in [3.8, 4) is 16.9 Å². The van der Waals surface area contributed by atoms with Crippen LogP contribution in [-0.2, 0) is 12.7 Å². The van der Waals surface area contributed by atoms with Crippen LogP contribution in [0.5, 0.6) is 5.75 Å². The molecule has 0 unspecified atom stereocenters. The van der Waals surface area contributed by atoms with Gasteiger partial charge in [-0.1, -0.05) is 24.3 Å². The molecule has 0 aliphatic carbocycles. The highest BCUT2D eigenvalue weighted by atomic mass is 19.4. The van der Waals surface area contributed by atoms with E-state index in [1.165, 1.54) is 23.1 Å². The molecule has 1 aromatic heterocycles. The predicted octanol–water partition coefficient (Wildman–Crippen LogP) is 7.36. The van der Waals surface area contributed by atoms with E-state index >= 15 is 0 Å². The van der Waals surface area contributed by atoms with Crippen LogP contribution < -0.4 is 4.74 Å². The van der Waals surface area contributed by atoms with E-state index in [1.54, 1.807) is 36.5 Å². The number of benzene rings is 3. The van der Waals surface area contributed by atoms with Crippen molar-refractivity contribution in [2.75, 3.05) is 13.1 Å². The molecule has 0 spiro atoms. The molecule has 0 aliphatic heterocycles. The molecule has 0 bridgehead atoms. The van der Waals surface area contributed by atoms with Gasteiger partial charge in [-0.15, -0.1) is 0 Å². The van der Waals surface area contributed by atoms with Crippen molar-refractivity contribution in [1.82, 2.24) is 9.47 Å². The van der Waals surface area contributed by atoms with Gasteiger partial charge in [0.05, 0.1) is 5.56 Å². The number of carbonyl (C=O) groups excluding carboxylic acids is 1. The first-order valence-corrected chi connectivity index (χ1v) is 11.2. The first-order valence-electron chi connectivity index (χ1n) is 11.2. The van der Waals surface area contributed by atoms with Gasteiger partial charge in [0.2, 0.25) is 0 Å². The fraction of sp³-hybridized carbons (Fsp3) is 0.222. The molecule has 182 valence electrons. The van der Waals surface area contributed by atoms with Gasteiger partial charge in [-0.05, 0) is 67.4 Å². The summed E-state index contributed by atoms with van der Waals surface area (Å²) >= 11 is 0. The van der Waals surface area contributed by atoms with Crippen LogP contribution in [0.4, 0.5) is 22.4 Å². The Bertz CT molecular complexity index is 1340. The van der Waals surface area contributed by atoms with Crippen LogP contribution in [0.3, 0.4) is 0 Å². The first-order chi connectivity index (χ1) is 16.7. The Morgan fingerprint density at radius 2 is 1.69 bits per heavy atom. The number of fused-ring (bicyclic) bond motifs is 1. The minimum atomic E-state index is -4.42. The van der Waals surface area contributed by atoms with Crippen molar-refractivity contribution >= 4 is 17.0 Å². The Labute approximate surface area is 200 Å². The number of carbonyl (C=O) groups is 1. The Balaban J connectivity index is 1.78. The first kappa shape index (κ1) is 24.3. The van der Waals surface area contributed by atoms with Gasteiger partial charge in [-0.2, -0.15) is 13.2 Å². The Morgan fingerprint density at radius 3 is 2.34 bits per heavy atom. The molecule has 4 rings (SSSR count). The average Bonchev–Trinajstić information content (AvgIpc) is 3.23. The number of alkyl halides is 3. The number of nitrogens with zero attached hydrogens (tertiary/aromatic N) is 2. The second-order valence-corrected chi connectivity index (χ2v) is 8.06. The smallest absolute Gasteiger partial charge is 0.410 e. The summed E-state index contributed by atoms with van der Waals surface area (Å²) in [7, 11) is 0. The molecule has 0 aliphatic rings. The summed E-state index contributed by atoms with van der Waals surface area (Å²) < 4.78 is 60.6. The fourth-order valence-corrected chi connectivity index (χ4v) is 4.07. The third-order valence-corrected chi connectivity index (χ3v) is 5.87. The van der Waals surface area contributed by atoms with Gasteiger partial charge in [0.15, 0.2) is 0 Å². The Kier molecular flexibility index (Phi) is 6.82. The van der Waals surface area contributed by atoms with Crippen LogP contribution in [0.1, 0.15) is 25.0 Å². The van der Waals surface area contributed by atoms with E-state index in [-0.39, 0.29) is 6.54 Å². The number of amides is 1. The lowest BCUT2D eigenvalue weighted by Crippen LogP contribution is -2.33. The highest BCUT2D eigenvalue weighted by Crippen LogP contribution is 2.38. The zero-order valence-electron chi connectivity index (χ0n) is 19.3. The van der Waals surface area contributed by atoms with Crippen LogP contribution in [0.2, 0.25) is 0 Å². The van der Waals surface area contributed by atoms with Gasteiger partial charge in [0, 0.05) is 42.3 Å².